The minimum Gasteiger partial charge on any atom is -0.480 e. The van der Waals surface area contributed by atoms with E-state index >= 15 is 0 Å². The van der Waals surface area contributed by atoms with Crippen molar-refractivity contribution in [1.82, 2.24) is 74.3 Å². The number of carbonyl (C=O) groups excluding carboxylic acids is 2. The molecule has 37 heteroatoms. The molecule has 3 saturated heterocycles. The van der Waals surface area contributed by atoms with Gasteiger partial charge < -0.3 is 56.6 Å². The molecule has 0 unspecified atom stereocenters. The van der Waals surface area contributed by atoms with E-state index in [0.717, 1.165) is 4.76 Å². The van der Waals surface area contributed by atoms with Gasteiger partial charge in [-0.05, 0) is 0 Å². The number of amides is 2. The maximum Gasteiger partial charge on any atom is 0.317 e. The minimum absolute atomic E-state index is 0.0117. The number of hydrogen-bond donors (Lipinski definition) is 11. The Bertz CT molecular complexity index is 2010. The number of rotatable bonds is 34. The smallest absolute Gasteiger partial charge is 0.317 e. The topological polar surface area (TPSA) is 456 Å². The Kier molecular flexibility index (Phi) is 37.9. The number of carboxylic acid groups (broad SMARTS) is 9. The molecule has 91 heavy (non-hydrogen) atoms. The number of nitrogens with zero attached hydrogens (tertiary/aromatic N) is 14. The van der Waals surface area contributed by atoms with Crippen LogP contribution >= 0.6 is 0 Å². The zero-order chi connectivity index (χ0) is 67.3. The van der Waals surface area contributed by atoms with E-state index < -0.39 is 65.5 Å². The highest BCUT2D eigenvalue weighted by Gasteiger charge is 2.27. The van der Waals surface area contributed by atoms with Crippen LogP contribution < -0.4 is 10.6 Å². The average Bonchev–Trinajstić information content (AvgIpc) is 3.65. The van der Waals surface area contributed by atoms with Gasteiger partial charge in [-0.15, -0.1) is 0 Å². The second-order valence-electron chi connectivity index (χ2n) is 22.9. The van der Waals surface area contributed by atoms with E-state index in [4.69, 9.17) is 0 Å². The molecule has 0 aliphatic carbocycles. The molecule has 3 fully saturated rings. The lowest BCUT2D eigenvalue weighted by molar-refractivity contribution is -0.569. The first-order chi connectivity index (χ1) is 43.2. The van der Waals surface area contributed by atoms with Gasteiger partial charge in [0.1, 0.15) is 0 Å². The monoisotopic (exact) mass is 1310 g/mol. The van der Waals surface area contributed by atoms with Crippen molar-refractivity contribution in [3.8, 4) is 0 Å². The number of hydrogen-bond acceptors (Lipinski definition) is 25. The van der Waals surface area contributed by atoms with Gasteiger partial charge >= 0.3 is 53.7 Å². The highest BCUT2D eigenvalue weighted by Crippen LogP contribution is 2.07. The van der Waals surface area contributed by atoms with Crippen molar-refractivity contribution in [3.63, 3.8) is 0 Å². The molecule has 0 radical (unpaired) electrons. The van der Waals surface area contributed by atoms with E-state index in [0.29, 0.717) is 0 Å². The van der Waals surface area contributed by atoms with Crippen LogP contribution in [0.15, 0.2) is 0 Å². The third kappa shape index (κ3) is 38.6. The SMILES string of the molecule is O=C(O)CN1CCN(CC(=O)O)CCN(CC(=O)NCCN(CCC[N+](=O)CN2CCN(CC(=O)O)CCN(CC(=O)O)CCN(CC(=O)O)CC2)CCNC(=O)CN2CCN(CC(=O)O)CCN(CC(=O)O)CCN(CC(=O)O)CC2)CCN(CC(=O)O)CC1. The molecule has 3 aliphatic heterocycles. The predicted molar refractivity (Wildman–Crippen MR) is 322 cm³/mol. The lowest BCUT2D eigenvalue weighted by Crippen LogP contribution is -2.50. The minimum atomic E-state index is -1.10. The summed E-state index contributed by atoms with van der Waals surface area (Å²) in [6.07, 6.45) is 0.276. The van der Waals surface area contributed by atoms with E-state index in [-0.39, 0.29) is 281 Å². The van der Waals surface area contributed by atoms with Gasteiger partial charge in [0.05, 0.1) is 72.0 Å². The van der Waals surface area contributed by atoms with Crippen molar-refractivity contribution in [1.29, 1.82) is 0 Å². The number of nitrogens with one attached hydrogen (secondary N) is 2. The van der Waals surface area contributed by atoms with Crippen LogP contribution in [0.3, 0.4) is 0 Å². The summed E-state index contributed by atoms with van der Waals surface area (Å²) in [5.41, 5.74) is 0. The molecule has 0 bridgehead atoms. The quantitative estimate of drug-likeness (QED) is 0.0267. The first kappa shape index (κ1) is 78.5. The molecule has 0 aromatic carbocycles. The molecule has 0 aromatic heterocycles. The summed E-state index contributed by atoms with van der Waals surface area (Å²) in [7, 11) is 0. The van der Waals surface area contributed by atoms with Gasteiger partial charge in [0.2, 0.25) is 18.5 Å². The van der Waals surface area contributed by atoms with E-state index in [1.165, 1.54) is 0 Å². The van der Waals surface area contributed by atoms with Crippen LogP contribution in [0.2, 0.25) is 0 Å². The molecule has 3 aliphatic rings. The van der Waals surface area contributed by atoms with Gasteiger partial charge in [0.25, 0.3) is 0 Å². The van der Waals surface area contributed by atoms with Gasteiger partial charge in [-0.2, -0.15) is 0 Å². The molecule has 37 nitrogen and oxygen atoms in total. The Morgan fingerprint density at radius 1 is 0.275 bits per heavy atom. The Morgan fingerprint density at radius 3 is 0.637 bits per heavy atom. The highest BCUT2D eigenvalue weighted by atomic mass is 16.4. The molecule has 3 rings (SSSR count). The molecule has 0 aromatic rings. The normalized spacial score (nSPS) is 19.3. The standard InChI is InChI=1S/C54H96N16O21/c71-44(32-58-8-12-60(34-46(73)74)16-20-64(38-50(81)82)21-17-61(13-9-58)35-47(75)76)55-2-6-57(4-1-5-70(91)43-69-30-28-67(41-53(87)88)26-24-66(40-52(85)86)25-27-68(29-31-69)42-54(89)90)7-3-56-45(72)33-59-10-14-62(36-48(77)78)18-22-65(39-51(83)84)23-19-63(15-11-59)37-49(79)80/h1-43H2,(H10-,55,56,71,72,73,74,75,76,77,78,79,80,81,82,83,84,85,86,87,88,89,90)/p+1. The first-order valence-electron chi connectivity index (χ1n) is 30.5. The molecule has 3 heterocycles. The van der Waals surface area contributed by atoms with Crippen molar-refractivity contribution in [3.05, 3.63) is 4.91 Å². The zero-order valence-corrected chi connectivity index (χ0v) is 52.1. The zero-order valence-electron chi connectivity index (χ0n) is 52.1. The maximum absolute atomic E-state index is 13.7. The molecule has 518 valence electrons. The Hall–Kier alpha value is -6.75. The van der Waals surface area contributed by atoms with Gasteiger partial charge in [0, 0.05) is 206 Å². The van der Waals surface area contributed by atoms with Crippen molar-refractivity contribution in [2.75, 3.05) is 275 Å². The molecule has 2 amide bonds. The number of carboxylic acids is 9. The van der Waals surface area contributed by atoms with Crippen molar-refractivity contribution < 1.29 is 103 Å². The van der Waals surface area contributed by atoms with Gasteiger partial charge in [0.15, 0.2) is 6.54 Å². The summed E-state index contributed by atoms with van der Waals surface area (Å²) < 4.78 is 0.822. The Labute approximate surface area is 528 Å². The third-order valence-electron chi connectivity index (χ3n) is 15.5. The second kappa shape index (κ2) is 43.9. The summed E-state index contributed by atoms with van der Waals surface area (Å²) in [5.74, 6) is -10.7. The van der Waals surface area contributed by atoms with Crippen LogP contribution in [0.25, 0.3) is 0 Å². The van der Waals surface area contributed by atoms with Crippen molar-refractivity contribution in [2.45, 2.75) is 6.42 Å². The molecule has 0 spiro atoms. The first-order valence-corrected chi connectivity index (χ1v) is 30.5. The Balaban J connectivity index is 1.80. The molecule has 11 N–H and O–H groups in total. The van der Waals surface area contributed by atoms with Gasteiger partial charge in [-0.25, -0.2) is 4.90 Å². The fourth-order valence-electron chi connectivity index (χ4n) is 10.7. The molecule has 0 saturated carbocycles. The average molecular weight is 1310 g/mol. The number of nitroso groups, excluding NO2 is 1. The van der Waals surface area contributed by atoms with E-state index in [1.807, 2.05) is 4.90 Å². The summed E-state index contributed by atoms with van der Waals surface area (Å²) in [6, 6.07) is 0. The van der Waals surface area contributed by atoms with Crippen LogP contribution in [0, 0.1) is 4.91 Å². The molecular formula is C54H97N16O21+. The van der Waals surface area contributed by atoms with Crippen molar-refractivity contribution in [2.24, 2.45) is 0 Å². The summed E-state index contributed by atoms with van der Waals surface area (Å²) >= 11 is 0. The van der Waals surface area contributed by atoms with Crippen LogP contribution in [-0.4, -0.2) is 455 Å². The van der Waals surface area contributed by atoms with Crippen molar-refractivity contribution >= 4 is 65.5 Å². The number of aliphatic carboxylic acids is 9. The van der Waals surface area contributed by atoms with Crippen LogP contribution in [0.5, 0.6) is 0 Å². The number of carbonyl (C=O) groups is 11. The van der Waals surface area contributed by atoms with Crippen LogP contribution in [0.4, 0.5) is 0 Å². The summed E-state index contributed by atoms with van der Waals surface area (Å²) in [6.45, 7) is 2.05. The maximum atomic E-state index is 13.7. The summed E-state index contributed by atoms with van der Waals surface area (Å²) in [4.78, 5) is 169. The lowest BCUT2D eigenvalue weighted by Gasteiger charge is -2.33. The van der Waals surface area contributed by atoms with Gasteiger partial charge in [-0.3, -0.25) is 112 Å². The second-order valence-corrected chi connectivity index (χ2v) is 22.9. The van der Waals surface area contributed by atoms with Crippen LogP contribution in [0.1, 0.15) is 6.42 Å². The lowest BCUT2D eigenvalue weighted by atomic mass is 10.3. The highest BCUT2D eigenvalue weighted by molar-refractivity contribution is 5.78. The molecular weight excluding hydrogens is 1210 g/mol. The van der Waals surface area contributed by atoms with Crippen LogP contribution in [-0.2, 0) is 52.7 Å². The largest absolute Gasteiger partial charge is 0.480 e. The molecule has 0 atom stereocenters. The predicted octanol–water partition coefficient (Wildman–Crippen LogP) is -7.93. The fourth-order valence-corrected chi connectivity index (χ4v) is 10.7. The van der Waals surface area contributed by atoms with E-state index in [9.17, 15) is 104 Å². The van der Waals surface area contributed by atoms with Gasteiger partial charge in [-0.1, -0.05) is 0 Å². The van der Waals surface area contributed by atoms with E-state index in [1.54, 1.807) is 58.8 Å². The van der Waals surface area contributed by atoms with E-state index in [2.05, 4.69) is 10.6 Å². The third-order valence-corrected chi connectivity index (χ3v) is 15.5. The Morgan fingerprint density at radius 2 is 0.451 bits per heavy atom. The summed E-state index contributed by atoms with van der Waals surface area (Å²) in [5, 5.41) is 92.4. The fraction of sp³-hybridized carbons (Fsp3) is 0.796.